The minimum Gasteiger partial charge on any atom is -0.306 e. The first-order valence-corrected chi connectivity index (χ1v) is 8.04. The zero-order valence-corrected chi connectivity index (χ0v) is 13.4. The van der Waals surface area contributed by atoms with E-state index >= 15 is 0 Å². The van der Waals surface area contributed by atoms with Gasteiger partial charge in [0.25, 0.3) is 0 Å². The van der Waals surface area contributed by atoms with Crippen molar-refractivity contribution < 1.29 is 0 Å². The van der Waals surface area contributed by atoms with Gasteiger partial charge in [0, 0.05) is 18.8 Å². The molecular weight excluding hydrogens is 280 g/mol. The highest BCUT2D eigenvalue weighted by atomic mass is 32.1. The van der Waals surface area contributed by atoms with E-state index in [0.29, 0.717) is 12.1 Å². The smallest absolute Gasteiger partial charge is 0.108 e. The highest BCUT2D eigenvalue weighted by Crippen LogP contribution is 2.21. The normalized spacial score (nSPS) is 14.4. The molecule has 1 aromatic carbocycles. The lowest BCUT2D eigenvalue weighted by Gasteiger charge is -2.21. The molecule has 0 bridgehead atoms. The summed E-state index contributed by atoms with van der Waals surface area (Å²) in [5, 5.41) is 9.08. The third-order valence-electron chi connectivity index (χ3n) is 3.78. The van der Waals surface area contributed by atoms with Gasteiger partial charge in [0.15, 0.2) is 0 Å². The van der Waals surface area contributed by atoms with E-state index in [1.54, 1.807) is 11.3 Å². The number of hydrogen-bond donors (Lipinski definition) is 1. The molecule has 1 N–H and O–H groups in total. The van der Waals surface area contributed by atoms with E-state index in [4.69, 9.17) is 0 Å². The molecule has 0 amide bonds. The van der Waals surface area contributed by atoms with E-state index in [1.165, 1.54) is 10.3 Å². The van der Waals surface area contributed by atoms with Crippen molar-refractivity contribution in [1.82, 2.24) is 20.1 Å². The van der Waals surface area contributed by atoms with Gasteiger partial charge < -0.3 is 5.32 Å². The average molecular weight is 300 g/mol. The quantitative estimate of drug-likeness (QED) is 0.783. The first-order chi connectivity index (χ1) is 10.1. The van der Waals surface area contributed by atoms with Crippen molar-refractivity contribution in [3.05, 3.63) is 47.2 Å². The SMILES string of the molecule is Cc1cnn([C@H](C)[C@@H](C)NCc2nc3ccccc3s2)c1. The Morgan fingerprint density at radius 2 is 2.10 bits per heavy atom. The van der Waals surface area contributed by atoms with Crippen molar-refractivity contribution in [2.24, 2.45) is 0 Å². The molecule has 3 aromatic rings. The van der Waals surface area contributed by atoms with Crippen LogP contribution in [-0.4, -0.2) is 20.8 Å². The molecule has 4 nitrogen and oxygen atoms in total. The average Bonchev–Trinajstić information content (AvgIpc) is 3.09. The summed E-state index contributed by atoms with van der Waals surface area (Å²) in [7, 11) is 0. The van der Waals surface area contributed by atoms with Crippen LogP contribution in [0.2, 0.25) is 0 Å². The van der Waals surface area contributed by atoms with Gasteiger partial charge >= 0.3 is 0 Å². The largest absolute Gasteiger partial charge is 0.306 e. The topological polar surface area (TPSA) is 42.7 Å². The predicted octanol–water partition coefficient (Wildman–Crippen LogP) is 3.54. The van der Waals surface area contributed by atoms with Gasteiger partial charge in [-0.3, -0.25) is 4.68 Å². The maximum atomic E-state index is 4.65. The second-order valence-corrected chi connectivity index (χ2v) is 6.60. The molecule has 0 saturated carbocycles. The first kappa shape index (κ1) is 14.2. The zero-order chi connectivity index (χ0) is 14.8. The number of nitrogens with zero attached hydrogens (tertiary/aromatic N) is 3. The molecule has 21 heavy (non-hydrogen) atoms. The Balaban J connectivity index is 1.63. The van der Waals surface area contributed by atoms with Gasteiger partial charge in [0.1, 0.15) is 5.01 Å². The molecule has 0 aliphatic rings. The van der Waals surface area contributed by atoms with Gasteiger partial charge in [0.2, 0.25) is 0 Å². The fourth-order valence-corrected chi connectivity index (χ4v) is 3.22. The van der Waals surface area contributed by atoms with Crippen LogP contribution in [0.5, 0.6) is 0 Å². The summed E-state index contributed by atoms with van der Waals surface area (Å²) in [4.78, 5) is 4.65. The minimum atomic E-state index is 0.313. The van der Waals surface area contributed by atoms with Crippen LogP contribution in [0.1, 0.15) is 30.5 Å². The Bertz CT molecular complexity index is 698. The number of fused-ring (bicyclic) bond motifs is 1. The fourth-order valence-electron chi connectivity index (χ4n) is 2.30. The highest BCUT2D eigenvalue weighted by Gasteiger charge is 2.15. The number of nitrogens with one attached hydrogen (secondary N) is 1. The Hall–Kier alpha value is -1.72. The van der Waals surface area contributed by atoms with Crippen LogP contribution in [-0.2, 0) is 6.54 Å². The van der Waals surface area contributed by atoms with E-state index in [1.807, 2.05) is 16.9 Å². The molecule has 0 aliphatic carbocycles. The maximum Gasteiger partial charge on any atom is 0.108 e. The first-order valence-electron chi connectivity index (χ1n) is 7.22. The number of hydrogen-bond acceptors (Lipinski definition) is 4. The molecule has 3 rings (SSSR count). The summed E-state index contributed by atoms with van der Waals surface area (Å²) in [6, 6.07) is 8.92. The molecule has 0 unspecified atom stereocenters. The van der Waals surface area contributed by atoms with Crippen LogP contribution in [0.25, 0.3) is 10.2 Å². The number of rotatable bonds is 5. The second kappa shape index (κ2) is 5.95. The fraction of sp³-hybridized carbons (Fsp3) is 0.375. The van der Waals surface area contributed by atoms with Crippen molar-refractivity contribution in [1.29, 1.82) is 0 Å². The molecule has 0 radical (unpaired) electrons. The number of aromatic nitrogens is 3. The summed E-state index contributed by atoms with van der Waals surface area (Å²) in [5.41, 5.74) is 2.28. The summed E-state index contributed by atoms with van der Waals surface area (Å²) in [6.45, 7) is 7.23. The molecule has 0 aliphatic heterocycles. The lowest BCUT2D eigenvalue weighted by atomic mass is 10.2. The molecular formula is C16H20N4S. The summed E-state index contributed by atoms with van der Waals surface area (Å²) in [5.74, 6) is 0. The van der Waals surface area contributed by atoms with E-state index in [9.17, 15) is 0 Å². The van der Waals surface area contributed by atoms with Gasteiger partial charge in [-0.1, -0.05) is 12.1 Å². The van der Waals surface area contributed by atoms with Crippen LogP contribution >= 0.6 is 11.3 Å². The van der Waals surface area contributed by atoms with Crippen molar-refractivity contribution in [2.45, 2.75) is 39.4 Å². The maximum absolute atomic E-state index is 4.65. The van der Waals surface area contributed by atoms with E-state index in [-0.39, 0.29) is 0 Å². The number of para-hydroxylation sites is 1. The van der Waals surface area contributed by atoms with Crippen LogP contribution < -0.4 is 5.32 Å². The number of thiazole rings is 1. The Morgan fingerprint density at radius 1 is 1.29 bits per heavy atom. The standard InChI is InChI=1S/C16H20N4S/c1-11-8-18-20(10-11)13(3)12(2)17-9-16-19-14-6-4-5-7-15(14)21-16/h4-8,10,12-13,17H,9H2,1-3H3/t12-,13-/m1/s1. The summed E-state index contributed by atoms with van der Waals surface area (Å²) in [6.07, 6.45) is 3.98. The molecule has 0 saturated heterocycles. The van der Waals surface area contributed by atoms with Crippen molar-refractivity contribution in [3.8, 4) is 0 Å². The van der Waals surface area contributed by atoms with Crippen molar-refractivity contribution >= 4 is 21.6 Å². The molecule has 2 atom stereocenters. The molecule has 0 fully saturated rings. The second-order valence-electron chi connectivity index (χ2n) is 5.48. The minimum absolute atomic E-state index is 0.313. The van der Waals surface area contributed by atoms with Crippen molar-refractivity contribution in [3.63, 3.8) is 0 Å². The third kappa shape index (κ3) is 3.14. The third-order valence-corrected chi connectivity index (χ3v) is 4.82. The number of benzene rings is 1. The van der Waals surface area contributed by atoms with Crippen LogP contribution in [0.3, 0.4) is 0 Å². The zero-order valence-electron chi connectivity index (χ0n) is 12.6. The van der Waals surface area contributed by atoms with Crippen molar-refractivity contribution in [2.75, 3.05) is 0 Å². The van der Waals surface area contributed by atoms with E-state index in [0.717, 1.165) is 17.1 Å². The van der Waals surface area contributed by atoms with Gasteiger partial charge in [-0.05, 0) is 38.5 Å². The summed E-state index contributed by atoms with van der Waals surface area (Å²) < 4.78 is 3.27. The van der Waals surface area contributed by atoms with E-state index in [2.05, 4.69) is 60.6 Å². The highest BCUT2D eigenvalue weighted by molar-refractivity contribution is 7.18. The van der Waals surface area contributed by atoms with Gasteiger partial charge in [-0.25, -0.2) is 4.98 Å². The lowest BCUT2D eigenvalue weighted by Crippen LogP contribution is -2.33. The Morgan fingerprint density at radius 3 is 2.81 bits per heavy atom. The van der Waals surface area contributed by atoms with Crippen LogP contribution in [0.15, 0.2) is 36.7 Å². The summed E-state index contributed by atoms with van der Waals surface area (Å²) >= 11 is 1.75. The molecule has 110 valence electrons. The Kier molecular flexibility index (Phi) is 4.03. The predicted molar refractivity (Wildman–Crippen MR) is 87.6 cm³/mol. The lowest BCUT2D eigenvalue weighted by molar-refractivity contribution is 0.365. The monoisotopic (exact) mass is 300 g/mol. The van der Waals surface area contributed by atoms with Gasteiger partial charge in [-0.2, -0.15) is 5.10 Å². The van der Waals surface area contributed by atoms with E-state index < -0.39 is 0 Å². The van der Waals surface area contributed by atoms with Gasteiger partial charge in [0.05, 0.1) is 22.5 Å². The molecule has 0 spiro atoms. The van der Waals surface area contributed by atoms with Gasteiger partial charge in [-0.15, -0.1) is 11.3 Å². The molecule has 2 heterocycles. The number of aryl methyl sites for hydroxylation is 1. The van der Waals surface area contributed by atoms with Crippen LogP contribution in [0, 0.1) is 6.92 Å². The Labute approximate surface area is 128 Å². The molecule has 2 aromatic heterocycles. The molecule has 5 heteroatoms. The van der Waals surface area contributed by atoms with Crippen LogP contribution in [0.4, 0.5) is 0 Å².